The van der Waals surface area contributed by atoms with Crippen LogP contribution in [0.3, 0.4) is 0 Å². The maximum absolute atomic E-state index is 11.4. The van der Waals surface area contributed by atoms with Crippen LogP contribution < -0.4 is 10.6 Å². The van der Waals surface area contributed by atoms with Crippen LogP contribution in [-0.2, 0) is 18.9 Å². The van der Waals surface area contributed by atoms with Crippen LogP contribution in [0.25, 0.3) is 0 Å². The van der Waals surface area contributed by atoms with Gasteiger partial charge in [-0.15, -0.1) is 0 Å². The number of thiol groups is 1. The number of rotatable bonds is 10. The van der Waals surface area contributed by atoms with Crippen molar-refractivity contribution in [3.8, 4) is 0 Å². The van der Waals surface area contributed by atoms with E-state index in [9.17, 15) is 9.59 Å². The summed E-state index contributed by atoms with van der Waals surface area (Å²) >= 11 is 6.33. The van der Waals surface area contributed by atoms with E-state index in [0.717, 1.165) is 0 Å². The minimum absolute atomic E-state index is 0. The van der Waals surface area contributed by atoms with Crippen molar-refractivity contribution in [3.63, 3.8) is 0 Å². The molecule has 2 N–H and O–H groups in total. The Balaban J connectivity index is 0. The van der Waals surface area contributed by atoms with Crippen LogP contribution in [0.1, 0.15) is 28.4 Å². The van der Waals surface area contributed by atoms with Gasteiger partial charge in [-0.1, -0.05) is 7.43 Å². The fraction of sp³-hybridized carbons (Fsp3) is 0.474. The van der Waals surface area contributed by atoms with Crippen molar-refractivity contribution in [3.05, 3.63) is 34.6 Å². The summed E-state index contributed by atoms with van der Waals surface area (Å²) in [7, 11) is 10.1. The van der Waals surface area contributed by atoms with E-state index in [1.807, 2.05) is 0 Å². The maximum atomic E-state index is 11.4. The first-order chi connectivity index (χ1) is 16.4. The molecular weight excluding hydrogens is 545 g/mol. The molecule has 0 saturated heterocycles. The van der Waals surface area contributed by atoms with Crippen LogP contribution in [-0.4, -0.2) is 94.3 Å². The molecule has 0 spiro atoms. The summed E-state index contributed by atoms with van der Waals surface area (Å²) in [6, 6.07) is 0. The number of halogens is 1. The molecule has 2 rings (SSSR count). The van der Waals surface area contributed by atoms with Gasteiger partial charge in [0.05, 0.1) is 33.6 Å². The Labute approximate surface area is 219 Å². The third-order valence-corrected chi connectivity index (χ3v) is 3.78. The molecule has 0 aliphatic rings. The third-order valence-electron chi connectivity index (χ3n) is 3.40. The van der Waals surface area contributed by atoms with Crippen LogP contribution in [0.4, 0.5) is 11.6 Å². The van der Waals surface area contributed by atoms with Crippen LogP contribution in [0, 0.1) is 0 Å². The Hall–Kier alpha value is -2.69. The number of methoxy groups -OCH3 is 4. The molecule has 2 heterocycles. The Morgan fingerprint density at radius 2 is 1.40 bits per heavy atom. The molecule has 0 fully saturated rings. The molecule has 16 heteroatoms. The van der Waals surface area contributed by atoms with Gasteiger partial charge in [-0.2, -0.15) is 0 Å². The first kappa shape index (κ1) is 34.5. The molecule has 35 heavy (non-hydrogen) atoms. The Kier molecular flexibility index (Phi) is 21.5. The third kappa shape index (κ3) is 14.3. The number of carbonyl (C=O) groups is 2. The van der Waals surface area contributed by atoms with Gasteiger partial charge < -0.3 is 29.6 Å². The van der Waals surface area contributed by atoms with E-state index in [2.05, 4.69) is 80.7 Å². The van der Waals surface area contributed by atoms with E-state index in [4.69, 9.17) is 9.47 Å². The van der Waals surface area contributed by atoms with Gasteiger partial charge >= 0.3 is 36.7 Å². The van der Waals surface area contributed by atoms with Crippen molar-refractivity contribution in [2.24, 2.45) is 4.30 Å². The standard InChI is InChI=1S/C9H12BrN3O3.C9H13N3O3.CH4.BHNS/c1-15-4-3-11-8-7(9(14)16-2)13-6(10)5-12-8;1-14-6-5-12-8-7(9(13)15-2)10-3-4-11-8;;1-2-3/h5H,3-4H2,1-2H3,(H,11,12);3-4H,5-6H2,1-2H3,(H,11,12);1H4;3H. The SMILES string of the molecule is C.COCCNc1ncc(Br)nc1C(=O)OC.COCCNc1nccnc1C(=O)OC.[B]=NS. The molecular formula is C19H30BBrN7O6S. The van der Waals surface area contributed by atoms with E-state index in [1.54, 1.807) is 14.2 Å². The fourth-order valence-electron chi connectivity index (χ4n) is 1.99. The zero-order chi connectivity index (χ0) is 25.8. The summed E-state index contributed by atoms with van der Waals surface area (Å²) in [5.74, 6) is -0.259. The minimum atomic E-state index is -0.534. The van der Waals surface area contributed by atoms with E-state index < -0.39 is 11.9 Å². The number of esters is 2. The average molecular weight is 575 g/mol. The second-order valence-electron chi connectivity index (χ2n) is 5.58. The number of hydrogen-bond acceptors (Lipinski definition) is 14. The van der Waals surface area contributed by atoms with Gasteiger partial charge in [-0.05, 0) is 15.9 Å². The quantitative estimate of drug-likeness (QED) is 0.164. The van der Waals surface area contributed by atoms with Crippen LogP contribution in [0.5, 0.6) is 0 Å². The van der Waals surface area contributed by atoms with Crippen molar-refractivity contribution in [1.82, 2.24) is 19.9 Å². The van der Waals surface area contributed by atoms with E-state index in [0.29, 0.717) is 42.5 Å². The number of carbonyl (C=O) groups excluding carboxylic acids is 2. The summed E-state index contributed by atoms with van der Waals surface area (Å²) in [6.07, 6.45) is 4.44. The molecule has 193 valence electrons. The summed E-state index contributed by atoms with van der Waals surface area (Å²) in [5.41, 5.74) is 0.323. The normalized spacial score (nSPS) is 9.06. The Bertz CT molecular complexity index is 901. The molecule has 0 amide bonds. The van der Waals surface area contributed by atoms with Crippen molar-refractivity contribution < 1.29 is 28.5 Å². The van der Waals surface area contributed by atoms with E-state index >= 15 is 0 Å². The monoisotopic (exact) mass is 574 g/mol. The molecule has 1 radical (unpaired) electrons. The molecule has 2 aromatic heterocycles. The van der Waals surface area contributed by atoms with Crippen LogP contribution in [0.15, 0.2) is 27.5 Å². The van der Waals surface area contributed by atoms with Gasteiger partial charge in [0.15, 0.2) is 23.0 Å². The van der Waals surface area contributed by atoms with Gasteiger partial charge in [0.1, 0.15) is 4.60 Å². The predicted molar refractivity (Wildman–Crippen MR) is 139 cm³/mol. The van der Waals surface area contributed by atoms with Gasteiger partial charge in [-0.25, -0.2) is 29.5 Å². The Morgan fingerprint density at radius 3 is 1.89 bits per heavy atom. The van der Waals surface area contributed by atoms with Crippen LogP contribution in [0.2, 0.25) is 0 Å². The molecule has 0 aliphatic carbocycles. The topological polar surface area (TPSA) is 159 Å². The van der Waals surface area contributed by atoms with Crippen molar-refractivity contribution in [1.29, 1.82) is 0 Å². The average Bonchev–Trinajstić information content (AvgIpc) is 2.85. The number of nitrogens with one attached hydrogen (secondary N) is 2. The van der Waals surface area contributed by atoms with Crippen molar-refractivity contribution >= 4 is 60.0 Å². The molecule has 0 aromatic carbocycles. The number of aromatic nitrogens is 4. The van der Waals surface area contributed by atoms with Gasteiger partial charge in [0.25, 0.3) is 0 Å². The van der Waals surface area contributed by atoms with E-state index in [-0.39, 0.29) is 18.8 Å². The van der Waals surface area contributed by atoms with E-state index in [1.165, 1.54) is 32.8 Å². The zero-order valence-electron chi connectivity index (χ0n) is 19.1. The molecule has 0 bridgehead atoms. The number of nitrogens with zero attached hydrogens (tertiary/aromatic N) is 5. The number of hydrogen-bond donors (Lipinski definition) is 3. The van der Waals surface area contributed by atoms with Gasteiger partial charge in [0.2, 0.25) is 0 Å². The fourth-order valence-corrected chi connectivity index (χ4v) is 2.27. The summed E-state index contributed by atoms with van der Waals surface area (Å²) in [5, 5.41) is 5.87. The second kappa shape index (κ2) is 21.8. The summed E-state index contributed by atoms with van der Waals surface area (Å²) in [4.78, 5) is 38.6. The molecule has 13 nitrogen and oxygen atoms in total. The summed E-state index contributed by atoms with van der Waals surface area (Å²) in [6.45, 7) is 2.13. The van der Waals surface area contributed by atoms with Crippen molar-refractivity contribution in [2.45, 2.75) is 7.43 Å². The predicted octanol–water partition coefficient (Wildman–Crippen LogP) is 2.22. The first-order valence-electron chi connectivity index (χ1n) is 9.40. The number of ether oxygens (including phenoxy) is 4. The second-order valence-corrected chi connectivity index (χ2v) is 6.62. The summed E-state index contributed by atoms with van der Waals surface area (Å²) < 4.78 is 22.1. The molecule has 0 atom stereocenters. The number of anilines is 2. The van der Waals surface area contributed by atoms with Crippen molar-refractivity contribution in [2.75, 3.05) is 65.4 Å². The van der Waals surface area contributed by atoms with Gasteiger partial charge in [-0.3, -0.25) is 0 Å². The zero-order valence-corrected chi connectivity index (χ0v) is 21.6. The first-order valence-corrected chi connectivity index (χ1v) is 10.6. The van der Waals surface area contributed by atoms with Gasteiger partial charge in [0, 0.05) is 39.7 Å². The molecule has 0 saturated carbocycles. The molecule has 2 aromatic rings. The molecule has 0 unspecified atom stereocenters. The molecule has 0 aliphatic heterocycles. The van der Waals surface area contributed by atoms with Crippen LogP contribution >= 0.6 is 28.7 Å². The Morgan fingerprint density at radius 1 is 0.943 bits per heavy atom.